The number of carbonyl (C=O) groups excluding carboxylic acids is 1. The van der Waals surface area contributed by atoms with Crippen molar-refractivity contribution in [1.82, 2.24) is 5.16 Å². The molecule has 0 bridgehead atoms. The van der Waals surface area contributed by atoms with E-state index < -0.39 is 0 Å². The second-order valence-electron chi connectivity index (χ2n) is 4.90. The summed E-state index contributed by atoms with van der Waals surface area (Å²) in [6.07, 6.45) is 4.58. The standard InChI is InChI=1S/C15H16N2O2/c1-2-10-4-3-5-12(8-10)16-15(18)13-9-19-17-14(13)11-6-7-11/h3-5,8-9,11H,2,6-7H2,1H3,(H,16,18). The molecule has 1 amide bonds. The molecule has 1 aromatic heterocycles. The van der Waals surface area contributed by atoms with Crippen LogP contribution in [0.4, 0.5) is 5.69 Å². The van der Waals surface area contributed by atoms with Crippen LogP contribution in [0.5, 0.6) is 0 Å². The fourth-order valence-corrected chi connectivity index (χ4v) is 2.13. The molecule has 1 fully saturated rings. The van der Waals surface area contributed by atoms with Crippen LogP contribution < -0.4 is 5.32 Å². The Morgan fingerprint density at radius 2 is 2.32 bits per heavy atom. The van der Waals surface area contributed by atoms with Crippen molar-refractivity contribution >= 4 is 11.6 Å². The Morgan fingerprint density at radius 3 is 3.05 bits per heavy atom. The minimum atomic E-state index is -0.142. The fraction of sp³-hybridized carbons (Fsp3) is 0.333. The van der Waals surface area contributed by atoms with Crippen LogP contribution in [-0.2, 0) is 6.42 Å². The molecule has 1 saturated carbocycles. The number of aryl methyl sites for hydroxylation is 1. The van der Waals surface area contributed by atoms with Crippen LogP contribution in [0, 0.1) is 0 Å². The summed E-state index contributed by atoms with van der Waals surface area (Å²) in [6, 6.07) is 7.87. The summed E-state index contributed by atoms with van der Waals surface area (Å²) in [5, 5.41) is 6.84. The first kappa shape index (κ1) is 12.0. The summed E-state index contributed by atoms with van der Waals surface area (Å²) in [4.78, 5) is 12.2. The average molecular weight is 256 g/mol. The van der Waals surface area contributed by atoms with E-state index in [1.54, 1.807) is 0 Å². The van der Waals surface area contributed by atoms with Crippen molar-refractivity contribution in [2.45, 2.75) is 32.1 Å². The second-order valence-corrected chi connectivity index (χ2v) is 4.90. The van der Waals surface area contributed by atoms with Gasteiger partial charge in [-0.25, -0.2) is 0 Å². The number of hydrogen-bond donors (Lipinski definition) is 1. The molecule has 1 heterocycles. The maximum absolute atomic E-state index is 12.2. The van der Waals surface area contributed by atoms with Crippen LogP contribution in [0.2, 0.25) is 0 Å². The van der Waals surface area contributed by atoms with Crippen molar-refractivity contribution < 1.29 is 9.32 Å². The largest absolute Gasteiger partial charge is 0.364 e. The summed E-state index contributed by atoms with van der Waals surface area (Å²) >= 11 is 0. The molecule has 1 aliphatic carbocycles. The van der Waals surface area contributed by atoms with Crippen molar-refractivity contribution in [3.05, 3.63) is 47.3 Å². The number of amides is 1. The van der Waals surface area contributed by atoms with E-state index in [1.807, 2.05) is 24.3 Å². The molecule has 0 spiro atoms. The Kier molecular flexibility index (Phi) is 3.07. The first-order chi connectivity index (χ1) is 9.28. The molecular formula is C15H16N2O2. The molecule has 4 nitrogen and oxygen atoms in total. The highest BCUT2D eigenvalue weighted by Gasteiger charge is 2.31. The molecule has 0 unspecified atom stereocenters. The van der Waals surface area contributed by atoms with Gasteiger partial charge < -0.3 is 9.84 Å². The quantitative estimate of drug-likeness (QED) is 0.912. The summed E-state index contributed by atoms with van der Waals surface area (Å²) in [7, 11) is 0. The average Bonchev–Trinajstić information content (AvgIpc) is 3.16. The highest BCUT2D eigenvalue weighted by atomic mass is 16.5. The van der Waals surface area contributed by atoms with Crippen molar-refractivity contribution in [2.75, 3.05) is 5.32 Å². The number of nitrogens with one attached hydrogen (secondary N) is 1. The van der Waals surface area contributed by atoms with E-state index in [-0.39, 0.29) is 5.91 Å². The van der Waals surface area contributed by atoms with Crippen LogP contribution in [0.1, 0.15) is 47.3 Å². The third kappa shape index (κ3) is 2.52. The van der Waals surface area contributed by atoms with E-state index in [0.717, 1.165) is 30.6 Å². The van der Waals surface area contributed by atoms with Gasteiger partial charge >= 0.3 is 0 Å². The lowest BCUT2D eigenvalue weighted by molar-refractivity contribution is 0.102. The molecule has 98 valence electrons. The molecule has 0 radical (unpaired) electrons. The van der Waals surface area contributed by atoms with Gasteiger partial charge in [0.15, 0.2) is 0 Å². The van der Waals surface area contributed by atoms with Gasteiger partial charge in [-0.1, -0.05) is 24.2 Å². The Balaban J connectivity index is 1.78. The number of benzene rings is 1. The van der Waals surface area contributed by atoms with E-state index in [9.17, 15) is 4.79 Å². The summed E-state index contributed by atoms with van der Waals surface area (Å²) in [6.45, 7) is 2.09. The van der Waals surface area contributed by atoms with Gasteiger partial charge in [-0.2, -0.15) is 0 Å². The van der Waals surface area contributed by atoms with E-state index in [1.165, 1.54) is 11.8 Å². The lowest BCUT2D eigenvalue weighted by Crippen LogP contribution is -2.13. The highest BCUT2D eigenvalue weighted by molar-refractivity contribution is 6.05. The summed E-state index contributed by atoms with van der Waals surface area (Å²) in [5.41, 5.74) is 3.37. The minimum Gasteiger partial charge on any atom is -0.364 e. The van der Waals surface area contributed by atoms with Gasteiger partial charge in [0.1, 0.15) is 11.8 Å². The van der Waals surface area contributed by atoms with E-state index >= 15 is 0 Å². The highest BCUT2D eigenvalue weighted by Crippen LogP contribution is 2.40. The van der Waals surface area contributed by atoms with E-state index in [4.69, 9.17) is 4.52 Å². The second kappa shape index (κ2) is 4.88. The molecule has 1 aromatic carbocycles. The molecule has 3 rings (SSSR count). The fourth-order valence-electron chi connectivity index (χ4n) is 2.13. The van der Waals surface area contributed by atoms with Gasteiger partial charge in [0, 0.05) is 11.6 Å². The third-order valence-corrected chi connectivity index (χ3v) is 3.40. The Hall–Kier alpha value is -2.10. The number of hydrogen-bond acceptors (Lipinski definition) is 3. The van der Waals surface area contributed by atoms with Gasteiger partial charge in [0.05, 0.1) is 5.69 Å². The lowest BCUT2D eigenvalue weighted by atomic mass is 10.1. The predicted octanol–water partition coefficient (Wildman–Crippen LogP) is 3.37. The van der Waals surface area contributed by atoms with Crippen LogP contribution >= 0.6 is 0 Å². The van der Waals surface area contributed by atoms with Gasteiger partial charge in [0.2, 0.25) is 0 Å². The topological polar surface area (TPSA) is 55.1 Å². The number of nitrogens with zero attached hydrogens (tertiary/aromatic N) is 1. The van der Waals surface area contributed by atoms with Gasteiger partial charge in [-0.15, -0.1) is 0 Å². The first-order valence-corrected chi connectivity index (χ1v) is 6.62. The first-order valence-electron chi connectivity index (χ1n) is 6.62. The maximum atomic E-state index is 12.2. The van der Waals surface area contributed by atoms with Crippen LogP contribution in [-0.4, -0.2) is 11.1 Å². The molecule has 19 heavy (non-hydrogen) atoms. The molecule has 2 aromatic rings. The zero-order chi connectivity index (χ0) is 13.2. The number of carbonyl (C=O) groups is 1. The summed E-state index contributed by atoms with van der Waals surface area (Å²) < 4.78 is 4.94. The zero-order valence-electron chi connectivity index (χ0n) is 10.8. The number of rotatable bonds is 4. The molecule has 4 heteroatoms. The Labute approximate surface area is 111 Å². The third-order valence-electron chi connectivity index (χ3n) is 3.40. The minimum absolute atomic E-state index is 0.142. The van der Waals surface area contributed by atoms with Crippen LogP contribution in [0.3, 0.4) is 0 Å². The number of aromatic nitrogens is 1. The smallest absolute Gasteiger partial charge is 0.260 e. The predicted molar refractivity (Wildman–Crippen MR) is 72.3 cm³/mol. The maximum Gasteiger partial charge on any atom is 0.260 e. The Morgan fingerprint density at radius 1 is 1.47 bits per heavy atom. The molecule has 1 N–H and O–H groups in total. The SMILES string of the molecule is CCc1cccc(NC(=O)c2conc2C2CC2)c1. The van der Waals surface area contributed by atoms with Gasteiger partial charge in [-0.05, 0) is 37.0 Å². The normalized spacial score (nSPS) is 14.4. The molecule has 0 saturated heterocycles. The monoisotopic (exact) mass is 256 g/mol. The molecule has 1 aliphatic rings. The zero-order valence-corrected chi connectivity index (χ0v) is 10.8. The van der Waals surface area contributed by atoms with Crippen LogP contribution in [0.25, 0.3) is 0 Å². The van der Waals surface area contributed by atoms with Crippen molar-refractivity contribution in [3.8, 4) is 0 Å². The molecule has 0 aliphatic heterocycles. The molecule has 0 atom stereocenters. The van der Waals surface area contributed by atoms with Crippen molar-refractivity contribution in [1.29, 1.82) is 0 Å². The number of anilines is 1. The van der Waals surface area contributed by atoms with Gasteiger partial charge in [-0.3, -0.25) is 4.79 Å². The Bertz CT molecular complexity index is 600. The van der Waals surface area contributed by atoms with Crippen molar-refractivity contribution in [2.24, 2.45) is 0 Å². The van der Waals surface area contributed by atoms with Crippen molar-refractivity contribution in [3.63, 3.8) is 0 Å². The lowest BCUT2D eigenvalue weighted by Gasteiger charge is -2.06. The molecular weight excluding hydrogens is 240 g/mol. The van der Waals surface area contributed by atoms with E-state index in [0.29, 0.717) is 11.5 Å². The summed E-state index contributed by atoms with van der Waals surface area (Å²) in [5.74, 6) is 0.262. The van der Waals surface area contributed by atoms with E-state index in [2.05, 4.69) is 17.4 Å². The van der Waals surface area contributed by atoms with Gasteiger partial charge in [0.25, 0.3) is 5.91 Å². The van der Waals surface area contributed by atoms with Crippen LogP contribution in [0.15, 0.2) is 35.1 Å².